The topological polar surface area (TPSA) is 0 Å². The first kappa shape index (κ1) is 6.97. The minimum Gasteiger partial charge on any atom is -0.118 e. The van der Waals surface area contributed by atoms with E-state index in [1.165, 1.54) is 36.2 Å². The lowest BCUT2D eigenvalue weighted by atomic mass is 10.3. The summed E-state index contributed by atoms with van der Waals surface area (Å²) in [6, 6.07) is 0. The smallest absolute Gasteiger partial charge is 0.0173 e. The second kappa shape index (κ2) is 3.80. The van der Waals surface area contributed by atoms with Crippen LogP contribution in [0.5, 0.6) is 0 Å². The monoisotopic (exact) mass is 148 g/mol. The van der Waals surface area contributed by atoms with Gasteiger partial charge in [0.05, 0.1) is 0 Å². The molecule has 1 saturated heterocycles. The van der Waals surface area contributed by atoms with E-state index in [1.54, 1.807) is 5.90 Å². The molecule has 3 atom stereocenters. The summed E-state index contributed by atoms with van der Waals surface area (Å²) in [5, 5.41) is 0. The third-order valence-corrected chi connectivity index (χ3v) is 5.41. The zero-order valence-corrected chi connectivity index (χ0v) is 7.41. The molecule has 1 rings (SSSR count). The van der Waals surface area contributed by atoms with Crippen LogP contribution >= 0.6 is 17.2 Å². The average molecular weight is 148 g/mol. The Bertz CT molecular complexity index is 57.5. The minimum atomic E-state index is 1.12. The summed E-state index contributed by atoms with van der Waals surface area (Å²) >= 11 is 0. The molecule has 0 amide bonds. The molecule has 0 aromatic rings. The van der Waals surface area contributed by atoms with E-state index in [2.05, 4.69) is 6.92 Å². The first-order chi connectivity index (χ1) is 3.93. The fourth-order valence-corrected chi connectivity index (χ4v) is 4.95. The van der Waals surface area contributed by atoms with Crippen molar-refractivity contribution in [2.75, 3.05) is 12.1 Å². The van der Waals surface area contributed by atoms with Gasteiger partial charge in [-0.05, 0) is 30.6 Å². The largest absolute Gasteiger partial charge is 0.118 e. The molecule has 0 aromatic heterocycles. The fraction of sp³-hybridized carbons (Fsp3) is 1.00. The van der Waals surface area contributed by atoms with E-state index in [0.717, 1.165) is 5.66 Å². The molecule has 1 aliphatic rings. The zero-order valence-electron chi connectivity index (χ0n) is 5.41. The van der Waals surface area contributed by atoms with Crippen molar-refractivity contribution in [3.8, 4) is 0 Å². The van der Waals surface area contributed by atoms with Crippen LogP contribution in [0.4, 0.5) is 0 Å². The maximum atomic E-state index is 2.33. The summed E-state index contributed by atoms with van der Waals surface area (Å²) in [5.74, 6) is 1.55. The normalized spacial score (nSPS) is 36.4. The lowest BCUT2D eigenvalue weighted by molar-refractivity contribution is 0.788. The van der Waals surface area contributed by atoms with Crippen molar-refractivity contribution < 1.29 is 0 Å². The van der Waals surface area contributed by atoms with Crippen molar-refractivity contribution in [1.82, 2.24) is 0 Å². The van der Waals surface area contributed by atoms with Crippen LogP contribution in [0, 0.1) is 0 Å². The Morgan fingerprint density at radius 1 is 1.62 bits per heavy atom. The van der Waals surface area contributed by atoms with Gasteiger partial charge in [0.15, 0.2) is 0 Å². The lowest BCUT2D eigenvalue weighted by Crippen LogP contribution is -2.04. The van der Waals surface area contributed by atoms with Crippen molar-refractivity contribution in [2.45, 2.75) is 25.4 Å². The predicted molar refractivity (Wildman–Crippen MR) is 45.1 cm³/mol. The molecule has 1 aliphatic heterocycles. The first-order valence-electron chi connectivity index (χ1n) is 3.37. The first-order valence-corrected chi connectivity index (χ1v) is 6.07. The fourth-order valence-electron chi connectivity index (χ4n) is 1.03. The van der Waals surface area contributed by atoms with Crippen molar-refractivity contribution in [2.24, 2.45) is 0 Å². The third kappa shape index (κ3) is 2.00. The molecule has 0 bridgehead atoms. The maximum Gasteiger partial charge on any atom is -0.0173 e. The van der Waals surface area contributed by atoms with Crippen LogP contribution in [0.15, 0.2) is 0 Å². The molecule has 0 spiro atoms. The Hall–Kier alpha value is 0.860. The number of hydrogen-bond acceptors (Lipinski definition) is 0. The molecule has 8 heavy (non-hydrogen) atoms. The summed E-state index contributed by atoms with van der Waals surface area (Å²) in [6.45, 7) is 2.33. The average Bonchev–Trinajstić information content (AvgIpc) is 1.90. The molecule has 0 radical (unpaired) electrons. The van der Waals surface area contributed by atoms with Gasteiger partial charge in [-0.1, -0.05) is 6.92 Å². The van der Waals surface area contributed by atoms with Gasteiger partial charge in [0.2, 0.25) is 0 Å². The summed E-state index contributed by atoms with van der Waals surface area (Å²) in [4.78, 5) is 0. The van der Waals surface area contributed by atoms with Crippen LogP contribution in [0.3, 0.4) is 0 Å². The highest BCUT2D eigenvalue weighted by molar-refractivity contribution is 7.57. The molecular weight excluding hydrogens is 134 g/mol. The molecular formula is C6H14P2. The van der Waals surface area contributed by atoms with Gasteiger partial charge in [0, 0.05) is 0 Å². The van der Waals surface area contributed by atoms with Crippen LogP contribution in [0.2, 0.25) is 0 Å². The van der Waals surface area contributed by atoms with Gasteiger partial charge in [0.25, 0.3) is 0 Å². The molecule has 0 aromatic carbocycles. The zero-order chi connectivity index (χ0) is 5.82. The minimum absolute atomic E-state index is 1.12. The van der Waals surface area contributed by atoms with Crippen molar-refractivity contribution in [3.05, 3.63) is 0 Å². The van der Waals surface area contributed by atoms with Crippen LogP contribution in [-0.4, -0.2) is 17.7 Å². The number of hydrogen-bond donors (Lipinski definition) is 0. The van der Waals surface area contributed by atoms with Gasteiger partial charge in [-0.2, -0.15) is 0 Å². The Kier molecular flexibility index (Phi) is 3.32. The van der Waals surface area contributed by atoms with E-state index in [4.69, 9.17) is 0 Å². The molecule has 0 saturated carbocycles. The molecule has 2 heteroatoms. The van der Waals surface area contributed by atoms with E-state index >= 15 is 0 Å². The highest BCUT2D eigenvalue weighted by Gasteiger charge is 2.09. The Morgan fingerprint density at radius 2 is 2.50 bits per heavy atom. The summed E-state index contributed by atoms with van der Waals surface area (Å²) < 4.78 is 0. The van der Waals surface area contributed by atoms with E-state index in [0.29, 0.717) is 0 Å². The van der Waals surface area contributed by atoms with Gasteiger partial charge >= 0.3 is 0 Å². The van der Waals surface area contributed by atoms with E-state index < -0.39 is 0 Å². The third-order valence-electron chi connectivity index (χ3n) is 1.68. The SMILES string of the molecule is CCC1CCPCP1. The van der Waals surface area contributed by atoms with Crippen LogP contribution in [0.25, 0.3) is 0 Å². The molecule has 0 N–H and O–H groups in total. The van der Waals surface area contributed by atoms with Gasteiger partial charge in [0.1, 0.15) is 0 Å². The van der Waals surface area contributed by atoms with Gasteiger partial charge in [-0.25, -0.2) is 0 Å². The summed E-state index contributed by atoms with van der Waals surface area (Å²) in [5.41, 5.74) is 1.12. The molecule has 3 unspecified atom stereocenters. The maximum absolute atomic E-state index is 2.33. The van der Waals surface area contributed by atoms with Crippen LogP contribution in [-0.2, 0) is 0 Å². The molecule has 1 heterocycles. The van der Waals surface area contributed by atoms with Gasteiger partial charge < -0.3 is 0 Å². The highest BCUT2D eigenvalue weighted by Crippen LogP contribution is 2.38. The Balaban J connectivity index is 2.13. The second-order valence-electron chi connectivity index (χ2n) is 2.27. The molecule has 1 fully saturated rings. The Morgan fingerprint density at radius 3 is 2.88 bits per heavy atom. The van der Waals surface area contributed by atoms with E-state index in [1.807, 2.05) is 0 Å². The Labute approximate surface area is 55.4 Å². The van der Waals surface area contributed by atoms with Crippen LogP contribution in [0.1, 0.15) is 19.8 Å². The van der Waals surface area contributed by atoms with Crippen molar-refractivity contribution in [1.29, 1.82) is 0 Å². The quantitative estimate of drug-likeness (QED) is 0.501. The highest BCUT2D eigenvalue weighted by atomic mass is 31.1. The summed E-state index contributed by atoms with van der Waals surface area (Å²) in [7, 11) is 2.61. The standard InChI is InChI=1S/C6H14P2/c1-2-6-3-4-7-5-8-6/h6-8H,2-5H2,1H3. The van der Waals surface area contributed by atoms with Crippen molar-refractivity contribution >= 4 is 17.2 Å². The predicted octanol–water partition coefficient (Wildman–Crippen LogP) is 2.48. The van der Waals surface area contributed by atoms with Gasteiger partial charge in [-0.15, -0.1) is 17.2 Å². The van der Waals surface area contributed by atoms with E-state index in [-0.39, 0.29) is 0 Å². The van der Waals surface area contributed by atoms with Crippen molar-refractivity contribution in [3.63, 3.8) is 0 Å². The van der Waals surface area contributed by atoms with Gasteiger partial charge in [-0.3, -0.25) is 0 Å². The second-order valence-corrected chi connectivity index (χ2v) is 5.91. The molecule has 0 aliphatic carbocycles. The molecule has 0 nitrogen and oxygen atoms in total. The summed E-state index contributed by atoms with van der Waals surface area (Å²) in [6.07, 6.45) is 4.50. The molecule has 48 valence electrons. The van der Waals surface area contributed by atoms with E-state index in [9.17, 15) is 0 Å². The van der Waals surface area contributed by atoms with Crippen LogP contribution < -0.4 is 0 Å². The lowest BCUT2D eigenvalue weighted by Gasteiger charge is -2.19. The number of rotatable bonds is 1.